The Labute approximate surface area is 183 Å². The standard InChI is InChI=1S/C29H28N2/c1-3-13-30-24-11-7-5-9-20(24)22-16-18-15-19-17-23-21-10-6-8-12-25(21)31(14-4-2)29(23)27(19)26(18)28(22)30/h3-12,18-19,26-27H,1-2,13-17H2. The predicted molar refractivity (Wildman–Crippen MR) is 129 cm³/mol. The van der Waals surface area contributed by atoms with Crippen LogP contribution in [0.25, 0.3) is 21.8 Å². The molecule has 0 N–H and O–H groups in total. The van der Waals surface area contributed by atoms with E-state index in [0.29, 0.717) is 11.8 Å². The predicted octanol–water partition coefficient (Wildman–Crippen LogP) is 6.58. The van der Waals surface area contributed by atoms with Gasteiger partial charge in [0.15, 0.2) is 0 Å². The molecule has 4 atom stereocenters. The molecule has 3 aliphatic rings. The zero-order valence-corrected chi connectivity index (χ0v) is 17.9. The summed E-state index contributed by atoms with van der Waals surface area (Å²) in [5, 5.41) is 2.94. The van der Waals surface area contributed by atoms with E-state index in [4.69, 9.17) is 0 Å². The van der Waals surface area contributed by atoms with Gasteiger partial charge in [0.1, 0.15) is 0 Å². The van der Waals surface area contributed by atoms with Crippen LogP contribution < -0.4 is 0 Å². The maximum absolute atomic E-state index is 4.09. The van der Waals surface area contributed by atoms with Crippen molar-refractivity contribution in [2.24, 2.45) is 11.8 Å². The van der Waals surface area contributed by atoms with Crippen molar-refractivity contribution in [2.75, 3.05) is 0 Å². The Morgan fingerprint density at radius 2 is 1.16 bits per heavy atom. The lowest BCUT2D eigenvalue weighted by Gasteiger charge is -2.24. The summed E-state index contributed by atoms with van der Waals surface area (Å²) in [6.07, 6.45) is 8.00. The summed E-state index contributed by atoms with van der Waals surface area (Å²) < 4.78 is 5.17. The van der Waals surface area contributed by atoms with Gasteiger partial charge in [0.25, 0.3) is 0 Å². The van der Waals surface area contributed by atoms with E-state index >= 15 is 0 Å². The molecule has 2 aromatic heterocycles. The van der Waals surface area contributed by atoms with Gasteiger partial charge < -0.3 is 9.13 Å². The van der Waals surface area contributed by atoms with Crippen molar-refractivity contribution in [3.63, 3.8) is 0 Å². The fourth-order valence-electron chi connectivity index (χ4n) is 7.63. The Kier molecular flexibility index (Phi) is 3.57. The highest BCUT2D eigenvalue weighted by molar-refractivity contribution is 5.88. The van der Waals surface area contributed by atoms with Crippen LogP contribution >= 0.6 is 0 Å². The number of aromatic nitrogens is 2. The fraction of sp³-hybridized carbons (Fsp3) is 0.310. The third-order valence-electron chi connectivity index (χ3n) is 8.44. The van der Waals surface area contributed by atoms with Gasteiger partial charge in [-0.15, -0.1) is 13.2 Å². The molecule has 4 aromatic rings. The molecule has 3 aliphatic carbocycles. The van der Waals surface area contributed by atoms with E-state index in [1.54, 1.807) is 22.5 Å². The second-order valence-corrected chi connectivity index (χ2v) is 9.78. The molecule has 2 nitrogen and oxygen atoms in total. The number of hydrogen-bond acceptors (Lipinski definition) is 0. The Morgan fingerprint density at radius 1 is 0.710 bits per heavy atom. The van der Waals surface area contributed by atoms with E-state index in [9.17, 15) is 0 Å². The van der Waals surface area contributed by atoms with Crippen LogP contribution in [0.1, 0.15) is 40.8 Å². The minimum Gasteiger partial charge on any atom is -0.340 e. The van der Waals surface area contributed by atoms with Crippen LogP contribution in [0.5, 0.6) is 0 Å². The van der Waals surface area contributed by atoms with Crippen molar-refractivity contribution >= 4 is 21.8 Å². The number of benzene rings is 2. The van der Waals surface area contributed by atoms with E-state index in [2.05, 4.69) is 83.0 Å². The maximum Gasteiger partial charge on any atom is 0.0488 e. The lowest BCUT2D eigenvalue weighted by Crippen LogP contribution is -2.16. The molecule has 0 aliphatic heterocycles. The number of allylic oxidation sites excluding steroid dienone is 2. The highest BCUT2D eigenvalue weighted by atomic mass is 15.0. The highest BCUT2D eigenvalue weighted by Gasteiger charge is 2.55. The lowest BCUT2D eigenvalue weighted by molar-refractivity contribution is 0.472. The van der Waals surface area contributed by atoms with Gasteiger partial charge in [0.2, 0.25) is 0 Å². The Morgan fingerprint density at radius 3 is 1.61 bits per heavy atom. The average Bonchev–Trinajstić information content (AvgIpc) is 3.54. The number of nitrogens with zero attached hydrogens (tertiary/aromatic N) is 2. The van der Waals surface area contributed by atoms with Gasteiger partial charge in [-0.05, 0) is 54.4 Å². The first kappa shape index (κ1) is 17.7. The molecular weight excluding hydrogens is 376 g/mol. The molecule has 0 radical (unpaired) electrons. The zero-order valence-electron chi connectivity index (χ0n) is 17.9. The monoisotopic (exact) mass is 404 g/mol. The normalized spacial score (nSPS) is 25.5. The first-order valence-corrected chi connectivity index (χ1v) is 11.7. The SMILES string of the molecule is C=CCn1c2c(c3ccccc31)CC1CC3Cc4c(n(CC=C)c5ccccc45)C3C21. The molecule has 31 heavy (non-hydrogen) atoms. The van der Waals surface area contributed by atoms with Gasteiger partial charge in [0, 0.05) is 58.1 Å². The van der Waals surface area contributed by atoms with Gasteiger partial charge in [-0.25, -0.2) is 0 Å². The third-order valence-corrected chi connectivity index (χ3v) is 8.44. The second kappa shape index (κ2) is 6.26. The molecule has 0 bridgehead atoms. The summed E-state index contributed by atoms with van der Waals surface area (Å²) in [6.45, 7) is 9.98. The van der Waals surface area contributed by atoms with Gasteiger partial charge in [-0.3, -0.25) is 0 Å². The van der Waals surface area contributed by atoms with Gasteiger partial charge in [-0.1, -0.05) is 48.6 Å². The average molecular weight is 405 g/mol. The smallest absolute Gasteiger partial charge is 0.0488 e. The fourth-order valence-corrected chi connectivity index (χ4v) is 7.63. The van der Waals surface area contributed by atoms with Gasteiger partial charge in [-0.2, -0.15) is 0 Å². The van der Waals surface area contributed by atoms with Crippen molar-refractivity contribution in [1.82, 2.24) is 9.13 Å². The maximum atomic E-state index is 4.09. The summed E-state index contributed by atoms with van der Waals surface area (Å²) in [4.78, 5) is 0. The Bertz CT molecular complexity index is 1280. The molecule has 0 spiro atoms. The molecule has 2 aromatic carbocycles. The van der Waals surface area contributed by atoms with Crippen molar-refractivity contribution < 1.29 is 0 Å². The summed E-state index contributed by atoms with van der Waals surface area (Å²) in [5.41, 5.74) is 9.23. The molecule has 2 heteroatoms. The molecule has 4 unspecified atom stereocenters. The van der Waals surface area contributed by atoms with E-state index in [1.807, 2.05) is 0 Å². The molecule has 154 valence electrons. The van der Waals surface area contributed by atoms with Crippen LogP contribution in [0.15, 0.2) is 73.8 Å². The molecule has 0 amide bonds. The van der Waals surface area contributed by atoms with Crippen LogP contribution in [0.3, 0.4) is 0 Å². The number of rotatable bonds is 4. The molecule has 2 heterocycles. The van der Waals surface area contributed by atoms with Crippen LogP contribution in [0.2, 0.25) is 0 Å². The molecule has 1 saturated carbocycles. The van der Waals surface area contributed by atoms with Crippen molar-refractivity contribution in [3.05, 3.63) is 96.4 Å². The number of para-hydroxylation sites is 2. The first-order chi connectivity index (χ1) is 15.3. The first-order valence-electron chi connectivity index (χ1n) is 11.7. The Balaban J connectivity index is 1.48. The van der Waals surface area contributed by atoms with Crippen molar-refractivity contribution in [1.29, 1.82) is 0 Å². The van der Waals surface area contributed by atoms with Crippen LogP contribution in [-0.4, -0.2) is 9.13 Å². The van der Waals surface area contributed by atoms with Crippen molar-refractivity contribution in [2.45, 2.75) is 44.2 Å². The van der Waals surface area contributed by atoms with Gasteiger partial charge in [0.05, 0.1) is 0 Å². The summed E-state index contributed by atoms with van der Waals surface area (Å²) in [6, 6.07) is 18.0. The van der Waals surface area contributed by atoms with Gasteiger partial charge >= 0.3 is 0 Å². The lowest BCUT2D eigenvalue weighted by atomic mass is 9.87. The number of hydrogen-bond donors (Lipinski definition) is 0. The van der Waals surface area contributed by atoms with E-state index < -0.39 is 0 Å². The summed E-state index contributed by atoms with van der Waals surface area (Å²) >= 11 is 0. The zero-order chi connectivity index (χ0) is 20.7. The molecule has 7 rings (SSSR count). The Hall–Kier alpha value is -3.00. The van der Waals surface area contributed by atoms with Crippen LogP contribution in [0.4, 0.5) is 0 Å². The second-order valence-electron chi connectivity index (χ2n) is 9.78. The van der Waals surface area contributed by atoms with E-state index in [0.717, 1.165) is 24.9 Å². The van der Waals surface area contributed by atoms with E-state index in [1.165, 1.54) is 41.1 Å². The largest absolute Gasteiger partial charge is 0.340 e. The molecule has 0 saturated heterocycles. The number of fused-ring (bicyclic) bond motifs is 11. The molecule has 1 fully saturated rings. The summed E-state index contributed by atoms with van der Waals surface area (Å²) in [7, 11) is 0. The van der Waals surface area contributed by atoms with Crippen LogP contribution in [-0.2, 0) is 25.9 Å². The van der Waals surface area contributed by atoms with E-state index in [-0.39, 0.29) is 0 Å². The summed E-state index contributed by atoms with van der Waals surface area (Å²) in [5.74, 6) is 2.82. The topological polar surface area (TPSA) is 9.86 Å². The van der Waals surface area contributed by atoms with Crippen LogP contribution in [0, 0.1) is 11.8 Å². The third kappa shape index (κ3) is 2.13. The highest BCUT2D eigenvalue weighted by Crippen LogP contribution is 2.64. The minimum absolute atomic E-state index is 0.626. The van der Waals surface area contributed by atoms with Crippen molar-refractivity contribution in [3.8, 4) is 0 Å². The quantitative estimate of drug-likeness (QED) is 0.340. The molecular formula is C29H28N2. The minimum atomic E-state index is 0.626.